The topological polar surface area (TPSA) is 24.8 Å². The summed E-state index contributed by atoms with van der Waals surface area (Å²) in [6, 6.07) is 0. The van der Waals surface area contributed by atoms with Crippen LogP contribution in [-0.2, 0) is 4.84 Å². The molecule has 0 fully saturated rings. The molecule has 0 bridgehead atoms. The van der Waals surface area contributed by atoms with Gasteiger partial charge in [-0.05, 0) is 27.4 Å². The van der Waals surface area contributed by atoms with Crippen molar-refractivity contribution >= 4 is 5.71 Å². The van der Waals surface area contributed by atoms with Gasteiger partial charge >= 0.3 is 0 Å². The predicted molar refractivity (Wildman–Crippen MR) is 52.5 cm³/mol. The standard InChI is InChI=1S/C9H20N2O/c1-5-9(10-12-6-2)7-8-11(3)4/h5-8H2,1-4H3/b10-9-. The van der Waals surface area contributed by atoms with Crippen molar-refractivity contribution in [2.24, 2.45) is 5.16 Å². The molecular formula is C9H20N2O. The average Bonchev–Trinajstić information content (AvgIpc) is 2.05. The number of oxime groups is 1. The molecule has 0 aliphatic heterocycles. The van der Waals surface area contributed by atoms with Crippen LogP contribution < -0.4 is 0 Å². The van der Waals surface area contributed by atoms with E-state index in [9.17, 15) is 0 Å². The fraction of sp³-hybridized carbons (Fsp3) is 0.889. The van der Waals surface area contributed by atoms with Gasteiger partial charge in [-0.3, -0.25) is 0 Å². The molecule has 0 aliphatic rings. The van der Waals surface area contributed by atoms with Crippen molar-refractivity contribution in [2.45, 2.75) is 26.7 Å². The smallest absolute Gasteiger partial charge is 0.114 e. The van der Waals surface area contributed by atoms with E-state index in [1.165, 1.54) is 0 Å². The first-order chi connectivity index (χ1) is 5.70. The van der Waals surface area contributed by atoms with Gasteiger partial charge in [-0.25, -0.2) is 0 Å². The fourth-order valence-corrected chi connectivity index (χ4v) is 0.795. The van der Waals surface area contributed by atoms with E-state index < -0.39 is 0 Å². The van der Waals surface area contributed by atoms with Crippen molar-refractivity contribution in [2.75, 3.05) is 27.2 Å². The van der Waals surface area contributed by atoms with Crippen LogP contribution in [-0.4, -0.2) is 37.9 Å². The van der Waals surface area contributed by atoms with Crippen LogP contribution in [0.15, 0.2) is 5.16 Å². The van der Waals surface area contributed by atoms with Gasteiger partial charge in [0.1, 0.15) is 6.61 Å². The minimum absolute atomic E-state index is 0.658. The highest BCUT2D eigenvalue weighted by Crippen LogP contribution is 1.95. The van der Waals surface area contributed by atoms with Gasteiger partial charge in [0.15, 0.2) is 0 Å². The van der Waals surface area contributed by atoms with Gasteiger partial charge in [-0.1, -0.05) is 12.1 Å². The number of hydrogen-bond donors (Lipinski definition) is 0. The molecule has 12 heavy (non-hydrogen) atoms. The zero-order chi connectivity index (χ0) is 9.40. The molecule has 72 valence electrons. The van der Waals surface area contributed by atoms with E-state index in [4.69, 9.17) is 4.84 Å². The molecule has 3 nitrogen and oxygen atoms in total. The van der Waals surface area contributed by atoms with E-state index in [0.29, 0.717) is 6.61 Å². The zero-order valence-electron chi connectivity index (χ0n) is 8.63. The Kier molecular flexibility index (Phi) is 6.76. The minimum Gasteiger partial charge on any atom is -0.396 e. The summed E-state index contributed by atoms with van der Waals surface area (Å²) in [6.45, 7) is 5.75. The van der Waals surface area contributed by atoms with Gasteiger partial charge < -0.3 is 9.74 Å². The Labute approximate surface area is 75.4 Å². The van der Waals surface area contributed by atoms with E-state index >= 15 is 0 Å². The van der Waals surface area contributed by atoms with Crippen LogP contribution in [0.4, 0.5) is 0 Å². The molecule has 0 aromatic rings. The van der Waals surface area contributed by atoms with Crippen LogP contribution in [0, 0.1) is 0 Å². The molecule has 0 radical (unpaired) electrons. The Morgan fingerprint density at radius 2 is 2.00 bits per heavy atom. The lowest BCUT2D eigenvalue weighted by Gasteiger charge is -2.09. The van der Waals surface area contributed by atoms with E-state index in [2.05, 4.69) is 31.1 Å². The highest BCUT2D eigenvalue weighted by molar-refractivity contribution is 5.83. The summed E-state index contributed by atoms with van der Waals surface area (Å²) in [5.41, 5.74) is 1.14. The molecule has 0 unspecified atom stereocenters. The Bertz CT molecular complexity index is 132. The van der Waals surface area contributed by atoms with Gasteiger partial charge in [0.2, 0.25) is 0 Å². The van der Waals surface area contributed by atoms with Crippen molar-refractivity contribution in [1.29, 1.82) is 0 Å². The zero-order valence-corrected chi connectivity index (χ0v) is 8.63. The molecule has 0 rings (SSSR count). The molecule has 3 heteroatoms. The summed E-state index contributed by atoms with van der Waals surface area (Å²) in [5, 5.41) is 4.02. The maximum absolute atomic E-state index is 4.99. The van der Waals surface area contributed by atoms with Crippen molar-refractivity contribution in [3.8, 4) is 0 Å². The first kappa shape index (κ1) is 11.4. The monoisotopic (exact) mass is 172 g/mol. The van der Waals surface area contributed by atoms with E-state index in [1.54, 1.807) is 0 Å². The molecule has 0 aromatic carbocycles. The van der Waals surface area contributed by atoms with E-state index in [-0.39, 0.29) is 0 Å². The Hall–Kier alpha value is -0.570. The molecular weight excluding hydrogens is 152 g/mol. The normalized spacial score (nSPS) is 12.2. The predicted octanol–water partition coefficient (Wildman–Crippen LogP) is 1.74. The first-order valence-corrected chi connectivity index (χ1v) is 4.53. The molecule has 0 atom stereocenters. The summed E-state index contributed by atoms with van der Waals surface area (Å²) >= 11 is 0. The third-order valence-electron chi connectivity index (χ3n) is 1.58. The van der Waals surface area contributed by atoms with Crippen LogP contribution in [0.25, 0.3) is 0 Å². The minimum atomic E-state index is 0.658. The van der Waals surface area contributed by atoms with Crippen molar-refractivity contribution in [1.82, 2.24) is 4.90 Å². The molecule has 0 amide bonds. The maximum atomic E-state index is 4.99. The second kappa shape index (κ2) is 7.10. The van der Waals surface area contributed by atoms with Gasteiger partial charge in [-0.15, -0.1) is 0 Å². The molecule has 0 spiro atoms. The third kappa shape index (κ3) is 6.16. The lowest BCUT2D eigenvalue weighted by Crippen LogP contribution is -2.16. The van der Waals surface area contributed by atoms with Crippen molar-refractivity contribution in [3.63, 3.8) is 0 Å². The van der Waals surface area contributed by atoms with Gasteiger partial charge in [0, 0.05) is 13.0 Å². The second-order valence-corrected chi connectivity index (χ2v) is 2.98. The van der Waals surface area contributed by atoms with Crippen molar-refractivity contribution < 1.29 is 4.84 Å². The van der Waals surface area contributed by atoms with Crippen LogP contribution in [0.2, 0.25) is 0 Å². The van der Waals surface area contributed by atoms with E-state index in [0.717, 1.165) is 25.1 Å². The molecule has 0 saturated carbocycles. The summed E-state index contributed by atoms with van der Waals surface area (Å²) < 4.78 is 0. The Balaban J connectivity index is 3.66. The summed E-state index contributed by atoms with van der Waals surface area (Å²) in [7, 11) is 4.13. The van der Waals surface area contributed by atoms with Crippen LogP contribution >= 0.6 is 0 Å². The first-order valence-electron chi connectivity index (χ1n) is 4.53. The lowest BCUT2D eigenvalue weighted by atomic mass is 10.2. The number of nitrogens with zero attached hydrogens (tertiary/aromatic N) is 2. The molecule has 0 heterocycles. The molecule has 0 N–H and O–H groups in total. The largest absolute Gasteiger partial charge is 0.396 e. The highest BCUT2D eigenvalue weighted by Gasteiger charge is 1.97. The maximum Gasteiger partial charge on any atom is 0.114 e. The summed E-state index contributed by atoms with van der Waals surface area (Å²) in [6.07, 6.45) is 1.98. The van der Waals surface area contributed by atoms with Crippen LogP contribution in [0.3, 0.4) is 0 Å². The summed E-state index contributed by atoms with van der Waals surface area (Å²) in [5.74, 6) is 0. The fourth-order valence-electron chi connectivity index (χ4n) is 0.795. The summed E-state index contributed by atoms with van der Waals surface area (Å²) in [4.78, 5) is 7.14. The molecule has 0 aliphatic carbocycles. The van der Waals surface area contributed by atoms with Gasteiger partial charge in [0.05, 0.1) is 5.71 Å². The van der Waals surface area contributed by atoms with Crippen molar-refractivity contribution in [3.05, 3.63) is 0 Å². The lowest BCUT2D eigenvalue weighted by molar-refractivity contribution is 0.157. The van der Waals surface area contributed by atoms with Gasteiger partial charge in [0.25, 0.3) is 0 Å². The number of rotatable bonds is 6. The highest BCUT2D eigenvalue weighted by atomic mass is 16.6. The second-order valence-electron chi connectivity index (χ2n) is 2.98. The van der Waals surface area contributed by atoms with Crippen LogP contribution in [0.5, 0.6) is 0 Å². The van der Waals surface area contributed by atoms with E-state index in [1.807, 2.05) is 6.92 Å². The Morgan fingerprint density at radius 3 is 2.42 bits per heavy atom. The average molecular weight is 172 g/mol. The van der Waals surface area contributed by atoms with Gasteiger partial charge in [-0.2, -0.15) is 0 Å². The van der Waals surface area contributed by atoms with Crippen LogP contribution in [0.1, 0.15) is 26.7 Å². The third-order valence-corrected chi connectivity index (χ3v) is 1.58. The molecule has 0 saturated heterocycles. The SMILES string of the molecule is CCO/N=C(/CC)CCN(C)C. The number of hydrogen-bond acceptors (Lipinski definition) is 3. The molecule has 0 aromatic heterocycles. The Morgan fingerprint density at radius 1 is 1.33 bits per heavy atom. The quantitative estimate of drug-likeness (QED) is 0.450.